The number of unbranched alkanes of at least 4 members (excludes halogenated alkanes) is 13. The van der Waals surface area contributed by atoms with Gasteiger partial charge in [0.2, 0.25) is 5.54 Å². The molecule has 0 saturated carbocycles. The summed E-state index contributed by atoms with van der Waals surface area (Å²) in [5.41, 5.74) is -1.37. The molecule has 0 aromatic heterocycles. The zero-order valence-electron chi connectivity index (χ0n) is 16.7. The van der Waals surface area contributed by atoms with Crippen molar-refractivity contribution in [3.63, 3.8) is 0 Å². The Bertz CT molecular complexity index is 379. The van der Waals surface area contributed by atoms with Crippen LogP contribution in [0.1, 0.15) is 110 Å². The number of nitro groups is 1. The minimum Gasteiger partial charge on any atom is -0.306 e. The van der Waals surface area contributed by atoms with E-state index in [2.05, 4.69) is 11.8 Å². The van der Waals surface area contributed by atoms with Gasteiger partial charge in [-0.3, -0.25) is 10.1 Å². The van der Waals surface area contributed by atoms with Gasteiger partial charge in [0.05, 0.1) is 0 Å². The van der Waals surface area contributed by atoms with Crippen LogP contribution in [0.5, 0.6) is 0 Å². The largest absolute Gasteiger partial charge is 0.306 e. The molecule has 0 aliphatic carbocycles. The molecule has 0 bridgehead atoms. The topological polar surface area (TPSA) is 95.5 Å². The number of hydrogen-bond donors (Lipinski definition) is 0. The van der Waals surface area contributed by atoms with Crippen molar-refractivity contribution in [2.24, 2.45) is 0 Å². The van der Waals surface area contributed by atoms with Gasteiger partial charge in [-0.05, 0) is 6.42 Å². The van der Waals surface area contributed by atoms with Crippen LogP contribution in [-0.2, 0) is 4.84 Å². The molecule has 0 aromatic carbocycles. The predicted octanol–water partition coefficient (Wildman–Crippen LogP) is 6.10. The molecule has 0 heterocycles. The summed E-state index contributed by atoms with van der Waals surface area (Å²) in [4.78, 5) is 25.1. The molecular formula is C19H38N2O5. The summed E-state index contributed by atoms with van der Waals surface area (Å²) in [6.45, 7) is 3.18. The lowest BCUT2D eigenvalue weighted by Gasteiger charge is -2.19. The quantitative estimate of drug-likeness (QED) is 0.154. The zero-order valence-corrected chi connectivity index (χ0v) is 16.7. The SMILES string of the molecule is CCCCCCCCCCCCCCCCC(C)(CO[N+](=O)[O-])[N+](=O)[O-]. The van der Waals surface area contributed by atoms with E-state index in [1.807, 2.05) is 0 Å². The first-order chi connectivity index (χ1) is 12.4. The van der Waals surface area contributed by atoms with Crippen LogP contribution < -0.4 is 0 Å². The van der Waals surface area contributed by atoms with Gasteiger partial charge in [0.25, 0.3) is 5.09 Å². The lowest BCUT2D eigenvalue weighted by Crippen LogP contribution is -2.40. The monoisotopic (exact) mass is 374 g/mol. The average molecular weight is 375 g/mol. The van der Waals surface area contributed by atoms with Gasteiger partial charge < -0.3 is 4.84 Å². The van der Waals surface area contributed by atoms with Crippen molar-refractivity contribution in [3.8, 4) is 0 Å². The Kier molecular flexibility index (Phi) is 15.0. The smallest absolute Gasteiger partial charge is 0.294 e. The van der Waals surface area contributed by atoms with E-state index in [1.165, 1.54) is 71.1 Å². The Hall–Kier alpha value is -1.40. The summed E-state index contributed by atoms with van der Waals surface area (Å²) >= 11 is 0. The van der Waals surface area contributed by atoms with Gasteiger partial charge >= 0.3 is 0 Å². The fraction of sp³-hybridized carbons (Fsp3) is 1.00. The predicted molar refractivity (Wildman–Crippen MR) is 103 cm³/mol. The van der Waals surface area contributed by atoms with Gasteiger partial charge in [0.15, 0.2) is 6.61 Å². The molecule has 0 saturated heterocycles. The Morgan fingerprint density at radius 3 is 1.46 bits per heavy atom. The fourth-order valence-corrected chi connectivity index (χ4v) is 3.11. The molecule has 0 rings (SSSR count). The third-order valence-corrected chi connectivity index (χ3v) is 4.99. The van der Waals surface area contributed by atoms with Crippen LogP contribution in [0, 0.1) is 20.2 Å². The second kappa shape index (κ2) is 15.8. The van der Waals surface area contributed by atoms with Gasteiger partial charge in [-0.25, -0.2) is 0 Å². The highest BCUT2D eigenvalue weighted by atomic mass is 17.0. The third-order valence-electron chi connectivity index (χ3n) is 4.99. The fourth-order valence-electron chi connectivity index (χ4n) is 3.11. The van der Waals surface area contributed by atoms with Crippen molar-refractivity contribution in [2.45, 2.75) is 116 Å². The maximum Gasteiger partial charge on any atom is 0.294 e. The van der Waals surface area contributed by atoms with E-state index < -0.39 is 22.2 Å². The molecule has 0 aliphatic rings. The van der Waals surface area contributed by atoms with Crippen LogP contribution in [0.25, 0.3) is 0 Å². The Labute approximate surface area is 158 Å². The summed E-state index contributed by atoms with van der Waals surface area (Å²) in [6, 6.07) is 0. The van der Waals surface area contributed by atoms with Crippen LogP contribution in [0.4, 0.5) is 0 Å². The van der Waals surface area contributed by atoms with E-state index in [-0.39, 0.29) is 0 Å². The summed E-state index contributed by atoms with van der Waals surface area (Å²) < 4.78 is 0. The summed E-state index contributed by atoms with van der Waals surface area (Å²) in [5.74, 6) is 0. The maximum absolute atomic E-state index is 11.1. The highest BCUT2D eigenvalue weighted by molar-refractivity contribution is 4.72. The molecule has 7 heteroatoms. The zero-order chi connectivity index (χ0) is 19.7. The van der Waals surface area contributed by atoms with E-state index in [9.17, 15) is 20.2 Å². The molecule has 7 nitrogen and oxygen atoms in total. The molecule has 154 valence electrons. The van der Waals surface area contributed by atoms with Gasteiger partial charge in [0, 0.05) is 18.3 Å². The highest BCUT2D eigenvalue weighted by Gasteiger charge is 2.37. The molecule has 0 spiro atoms. The molecule has 26 heavy (non-hydrogen) atoms. The van der Waals surface area contributed by atoms with Gasteiger partial charge in [-0.2, -0.15) is 0 Å². The first-order valence-corrected chi connectivity index (χ1v) is 10.3. The first kappa shape index (κ1) is 24.6. The Morgan fingerprint density at radius 1 is 0.731 bits per heavy atom. The van der Waals surface area contributed by atoms with Crippen molar-refractivity contribution in [1.29, 1.82) is 0 Å². The van der Waals surface area contributed by atoms with E-state index >= 15 is 0 Å². The molecule has 1 atom stereocenters. The highest BCUT2D eigenvalue weighted by Crippen LogP contribution is 2.20. The van der Waals surface area contributed by atoms with Crippen molar-refractivity contribution >= 4 is 0 Å². The second-order valence-electron chi connectivity index (χ2n) is 7.60. The van der Waals surface area contributed by atoms with Crippen LogP contribution in [0.15, 0.2) is 0 Å². The molecule has 0 amide bonds. The average Bonchev–Trinajstić information content (AvgIpc) is 2.60. The van der Waals surface area contributed by atoms with E-state index in [1.54, 1.807) is 0 Å². The normalized spacial score (nSPS) is 13.3. The first-order valence-electron chi connectivity index (χ1n) is 10.3. The van der Waals surface area contributed by atoms with Gasteiger partial charge in [-0.1, -0.05) is 90.4 Å². The maximum atomic E-state index is 11.1. The van der Waals surface area contributed by atoms with Crippen molar-refractivity contribution < 1.29 is 14.8 Å². The van der Waals surface area contributed by atoms with E-state index in [4.69, 9.17) is 0 Å². The Morgan fingerprint density at radius 2 is 1.12 bits per heavy atom. The minimum atomic E-state index is -1.37. The van der Waals surface area contributed by atoms with Crippen LogP contribution in [-0.4, -0.2) is 22.2 Å². The molecule has 0 radical (unpaired) electrons. The van der Waals surface area contributed by atoms with Gasteiger partial charge in [0.1, 0.15) is 0 Å². The molecule has 0 N–H and O–H groups in total. The second-order valence-corrected chi connectivity index (χ2v) is 7.60. The lowest BCUT2D eigenvalue weighted by atomic mass is 9.95. The summed E-state index contributed by atoms with van der Waals surface area (Å²) in [5, 5.41) is 20.4. The molecule has 0 aromatic rings. The molecule has 0 aliphatic heterocycles. The van der Waals surface area contributed by atoms with Crippen LogP contribution in [0.3, 0.4) is 0 Å². The lowest BCUT2D eigenvalue weighted by molar-refractivity contribution is -0.770. The van der Waals surface area contributed by atoms with Crippen LogP contribution >= 0.6 is 0 Å². The number of nitrogens with zero attached hydrogens (tertiary/aromatic N) is 2. The number of hydrogen-bond acceptors (Lipinski definition) is 5. The summed E-state index contributed by atoms with van der Waals surface area (Å²) in [7, 11) is 0. The third kappa shape index (κ3) is 13.8. The Balaban J connectivity index is 3.51. The number of rotatable bonds is 19. The van der Waals surface area contributed by atoms with Gasteiger partial charge in [-0.15, -0.1) is 10.1 Å². The standard InChI is InChI=1S/C19H38N2O5/c1-3-4-5-6-7-8-9-10-11-12-13-14-15-16-17-19(2,20(22)23)18-26-21(24)25/h3-18H2,1-2H3. The molecule has 1 unspecified atom stereocenters. The van der Waals surface area contributed by atoms with E-state index in [0.717, 1.165) is 19.3 Å². The van der Waals surface area contributed by atoms with Crippen molar-refractivity contribution in [3.05, 3.63) is 20.2 Å². The molecular weight excluding hydrogens is 336 g/mol. The van der Waals surface area contributed by atoms with E-state index in [0.29, 0.717) is 12.8 Å². The molecule has 0 fully saturated rings. The minimum absolute atomic E-state index is 0.311. The van der Waals surface area contributed by atoms with Crippen molar-refractivity contribution in [1.82, 2.24) is 0 Å². The van der Waals surface area contributed by atoms with Crippen molar-refractivity contribution in [2.75, 3.05) is 6.61 Å². The van der Waals surface area contributed by atoms with Crippen LogP contribution in [0.2, 0.25) is 0 Å². The summed E-state index contributed by atoms with van der Waals surface area (Å²) in [6.07, 6.45) is 17.5.